The van der Waals surface area contributed by atoms with Gasteiger partial charge in [-0.05, 0) is 37.5 Å². The number of phosphoric acid groups is 1. The molecule has 0 spiro atoms. The van der Waals surface area contributed by atoms with Crippen molar-refractivity contribution in [3.05, 3.63) is 0 Å². The Balaban J connectivity index is 6.20. The van der Waals surface area contributed by atoms with Gasteiger partial charge in [0, 0.05) is 28.9 Å². The van der Waals surface area contributed by atoms with E-state index in [0.717, 1.165) is 0 Å². The van der Waals surface area contributed by atoms with Crippen molar-refractivity contribution in [1.82, 2.24) is 0 Å². The lowest BCUT2D eigenvalue weighted by Crippen LogP contribution is -2.53. The van der Waals surface area contributed by atoms with Gasteiger partial charge in [-0.15, -0.1) is 46.4 Å². The smallest absolute Gasteiger partial charge is 0.303 e. The van der Waals surface area contributed by atoms with Crippen LogP contribution in [0.1, 0.15) is 39.0 Å². The molecular weight excluding hydrogens is 464 g/mol. The minimum Gasteiger partial charge on any atom is -0.303 e. The molecule has 0 radical (unpaired) electrons. The maximum Gasteiger partial charge on any atom is 0.472 e. The van der Waals surface area contributed by atoms with E-state index in [-0.39, 0.29) is 24.6 Å². The molecule has 1 atom stereocenters. The Morgan fingerprint density at radius 2 is 1.33 bits per heavy atom. The zero-order valence-corrected chi connectivity index (χ0v) is 18.7. The molecule has 24 heavy (non-hydrogen) atoms. The van der Waals surface area contributed by atoms with E-state index in [2.05, 4.69) is 0 Å². The van der Waals surface area contributed by atoms with Gasteiger partial charge in [0.2, 0.25) is 4.52 Å². The second-order valence-corrected chi connectivity index (χ2v) is 9.78. The van der Waals surface area contributed by atoms with E-state index in [0.29, 0.717) is 31.0 Å². The third kappa shape index (κ3) is 6.78. The molecule has 0 aromatic rings. The van der Waals surface area contributed by atoms with Crippen LogP contribution in [0.2, 0.25) is 0 Å². The van der Waals surface area contributed by atoms with Gasteiger partial charge in [0.05, 0.1) is 0 Å². The van der Waals surface area contributed by atoms with Crippen LogP contribution in [-0.2, 0) is 9.09 Å². The molecule has 0 aromatic heterocycles. The average molecular weight is 487 g/mol. The molecule has 0 fully saturated rings. The van der Waals surface area contributed by atoms with Crippen LogP contribution in [0, 0.1) is 10.8 Å². The number of phosphoric ester groups is 1. The van der Waals surface area contributed by atoms with E-state index >= 15 is 0 Å². The molecule has 0 aliphatic carbocycles. The maximum absolute atomic E-state index is 11.4. The highest BCUT2D eigenvalue weighted by Gasteiger charge is 2.61. The molecule has 0 amide bonds. The SMILES string of the molecule is CC(CCCl)(CCCCl)C(CCCl)(CCCl)C(Cl)(Cl)OP(=O)(O)O. The predicted octanol–water partition coefficient (Wildman–Crippen LogP) is 6.13. The highest BCUT2D eigenvalue weighted by Crippen LogP contribution is 2.64. The highest BCUT2D eigenvalue weighted by atomic mass is 35.5. The molecule has 2 N–H and O–H groups in total. The fourth-order valence-electron chi connectivity index (χ4n) is 3.20. The quantitative estimate of drug-likeness (QED) is 0.243. The molecular formula is C13H23Cl6O4P. The van der Waals surface area contributed by atoms with E-state index in [4.69, 9.17) is 74.1 Å². The number of hydrogen-bond acceptors (Lipinski definition) is 2. The summed E-state index contributed by atoms with van der Waals surface area (Å²) in [5.41, 5.74) is -1.78. The van der Waals surface area contributed by atoms with Crippen molar-refractivity contribution in [3.8, 4) is 0 Å². The second-order valence-electron chi connectivity index (χ2n) is 5.85. The summed E-state index contributed by atoms with van der Waals surface area (Å²) < 4.78 is 14.0. The minimum absolute atomic E-state index is 0.154. The van der Waals surface area contributed by atoms with Gasteiger partial charge < -0.3 is 9.79 Å². The number of rotatable bonds is 13. The van der Waals surface area contributed by atoms with Gasteiger partial charge in [0.25, 0.3) is 0 Å². The summed E-state index contributed by atoms with van der Waals surface area (Å²) in [6.07, 6.45) is 2.17. The molecule has 0 aliphatic heterocycles. The molecule has 0 aliphatic rings. The molecule has 0 saturated carbocycles. The maximum atomic E-state index is 11.4. The van der Waals surface area contributed by atoms with Crippen LogP contribution in [-0.4, -0.2) is 37.8 Å². The number of hydrogen-bond donors (Lipinski definition) is 2. The zero-order chi connectivity index (χ0) is 19.1. The van der Waals surface area contributed by atoms with Gasteiger partial charge in [-0.2, -0.15) is 0 Å². The predicted molar refractivity (Wildman–Crippen MR) is 104 cm³/mol. The van der Waals surface area contributed by atoms with Crippen molar-refractivity contribution in [2.45, 2.75) is 43.5 Å². The molecule has 0 bridgehead atoms. The molecule has 0 saturated heterocycles. The van der Waals surface area contributed by atoms with Crippen molar-refractivity contribution in [2.75, 3.05) is 23.5 Å². The fraction of sp³-hybridized carbons (Fsp3) is 1.00. The Bertz CT molecular complexity index is 413. The Morgan fingerprint density at radius 3 is 1.67 bits per heavy atom. The summed E-state index contributed by atoms with van der Waals surface area (Å²) in [7, 11) is -4.95. The molecule has 0 heterocycles. The Hall–Kier alpha value is 1.85. The van der Waals surface area contributed by atoms with Crippen molar-refractivity contribution in [2.24, 2.45) is 10.8 Å². The van der Waals surface area contributed by atoms with Crippen molar-refractivity contribution < 1.29 is 18.9 Å². The van der Waals surface area contributed by atoms with Crippen molar-refractivity contribution >= 4 is 77.4 Å². The summed E-state index contributed by atoms with van der Waals surface area (Å²) in [6.45, 7) is 1.89. The third-order valence-corrected chi connectivity index (χ3v) is 6.94. The third-order valence-electron chi connectivity index (χ3n) is 4.50. The Kier molecular flexibility index (Phi) is 11.8. The molecule has 4 nitrogen and oxygen atoms in total. The fourth-order valence-corrected chi connectivity index (χ4v) is 6.24. The summed E-state index contributed by atoms with van der Waals surface area (Å²) >= 11 is 36.5. The Morgan fingerprint density at radius 1 is 0.875 bits per heavy atom. The van der Waals surface area contributed by atoms with Crippen LogP contribution < -0.4 is 0 Å². The van der Waals surface area contributed by atoms with E-state index in [9.17, 15) is 14.4 Å². The second kappa shape index (κ2) is 11.0. The van der Waals surface area contributed by atoms with E-state index < -0.39 is 23.2 Å². The first kappa shape index (κ1) is 25.9. The lowest BCUT2D eigenvalue weighted by atomic mass is 9.58. The average Bonchev–Trinajstić information content (AvgIpc) is 2.42. The molecule has 0 rings (SSSR count). The van der Waals surface area contributed by atoms with Gasteiger partial charge in [-0.25, -0.2) is 9.09 Å². The molecule has 146 valence electrons. The topological polar surface area (TPSA) is 66.8 Å². The van der Waals surface area contributed by atoms with Crippen molar-refractivity contribution in [1.29, 1.82) is 0 Å². The van der Waals surface area contributed by atoms with Crippen LogP contribution in [0.15, 0.2) is 0 Å². The first-order valence-corrected chi connectivity index (χ1v) is 11.8. The van der Waals surface area contributed by atoms with Gasteiger partial charge in [0.15, 0.2) is 0 Å². The van der Waals surface area contributed by atoms with Crippen molar-refractivity contribution in [3.63, 3.8) is 0 Å². The number of halogens is 6. The monoisotopic (exact) mass is 484 g/mol. The molecule has 11 heteroatoms. The van der Waals surface area contributed by atoms with Gasteiger partial charge >= 0.3 is 7.82 Å². The largest absolute Gasteiger partial charge is 0.472 e. The summed E-state index contributed by atoms with van der Waals surface area (Å²) in [4.78, 5) is 18.5. The standard InChI is InChI=1S/C13H23Cl6O4P/c1-11(4-8-15,3-2-7-14)12(5-9-16,6-10-17)13(18,19)23-24(20,21)22/h2-10H2,1H3,(H2,20,21,22). The Labute approximate surface area is 173 Å². The van der Waals surface area contributed by atoms with E-state index in [1.165, 1.54) is 0 Å². The van der Waals surface area contributed by atoms with Crippen LogP contribution >= 0.6 is 77.4 Å². The highest BCUT2D eigenvalue weighted by molar-refractivity contribution is 7.46. The molecule has 0 aromatic carbocycles. The lowest BCUT2D eigenvalue weighted by molar-refractivity contribution is -0.0641. The normalized spacial score (nSPS) is 16.2. The van der Waals surface area contributed by atoms with Crippen LogP contribution in [0.4, 0.5) is 0 Å². The van der Waals surface area contributed by atoms with E-state index in [1.54, 1.807) is 0 Å². The van der Waals surface area contributed by atoms with Gasteiger partial charge in [-0.3, -0.25) is 0 Å². The van der Waals surface area contributed by atoms with Gasteiger partial charge in [0.1, 0.15) is 0 Å². The first-order chi connectivity index (χ1) is 10.9. The summed E-state index contributed by atoms with van der Waals surface area (Å²) in [5, 5.41) is 0. The molecule has 1 unspecified atom stereocenters. The van der Waals surface area contributed by atoms with E-state index in [1.807, 2.05) is 6.92 Å². The summed E-state index contributed by atoms with van der Waals surface area (Å²) in [6, 6.07) is 0. The summed E-state index contributed by atoms with van der Waals surface area (Å²) in [5.74, 6) is 1.01. The number of alkyl halides is 6. The van der Waals surface area contributed by atoms with Gasteiger partial charge in [-0.1, -0.05) is 30.1 Å². The first-order valence-electron chi connectivity index (χ1n) is 7.33. The van der Waals surface area contributed by atoms with Crippen LogP contribution in [0.25, 0.3) is 0 Å². The van der Waals surface area contributed by atoms with Crippen LogP contribution in [0.3, 0.4) is 0 Å². The lowest BCUT2D eigenvalue weighted by Gasteiger charge is -2.54. The van der Waals surface area contributed by atoms with Crippen LogP contribution in [0.5, 0.6) is 0 Å². The zero-order valence-electron chi connectivity index (χ0n) is 13.3. The minimum atomic E-state index is -4.95.